The number of hydrogen-bond donors (Lipinski definition) is 4. The first kappa shape index (κ1) is 13.9. The van der Waals surface area contributed by atoms with Crippen LogP contribution in [0.1, 0.15) is 12.5 Å². The highest BCUT2D eigenvalue weighted by molar-refractivity contribution is 5.70. The SMILES string of the molecule is CCOc1c(N)ccc(C)c1N.NC(=O)O. The molecule has 0 aliphatic heterocycles. The van der Waals surface area contributed by atoms with Gasteiger partial charge in [-0.15, -0.1) is 0 Å². The number of nitrogen functional groups attached to an aromatic ring is 2. The molecule has 0 fully saturated rings. The summed E-state index contributed by atoms with van der Waals surface area (Å²) in [7, 11) is 0. The molecule has 1 amide bonds. The van der Waals surface area contributed by atoms with Gasteiger partial charge in [0.25, 0.3) is 0 Å². The van der Waals surface area contributed by atoms with E-state index < -0.39 is 6.09 Å². The monoisotopic (exact) mass is 227 g/mol. The molecule has 0 heterocycles. The first-order valence-corrected chi connectivity index (χ1v) is 4.65. The van der Waals surface area contributed by atoms with E-state index in [-0.39, 0.29) is 0 Å². The number of ether oxygens (including phenoxy) is 1. The fraction of sp³-hybridized carbons (Fsp3) is 0.300. The molecule has 0 aliphatic rings. The highest BCUT2D eigenvalue weighted by Crippen LogP contribution is 2.31. The van der Waals surface area contributed by atoms with Crippen LogP contribution in [0, 0.1) is 6.92 Å². The van der Waals surface area contributed by atoms with Gasteiger partial charge in [-0.05, 0) is 25.5 Å². The zero-order valence-corrected chi connectivity index (χ0v) is 9.36. The number of rotatable bonds is 2. The summed E-state index contributed by atoms with van der Waals surface area (Å²) in [4.78, 5) is 8.78. The van der Waals surface area contributed by atoms with Crippen molar-refractivity contribution in [2.45, 2.75) is 13.8 Å². The summed E-state index contributed by atoms with van der Waals surface area (Å²) in [6, 6.07) is 3.68. The van der Waals surface area contributed by atoms with Crippen LogP contribution in [0.15, 0.2) is 12.1 Å². The minimum Gasteiger partial charge on any atom is -0.490 e. The molecular weight excluding hydrogens is 210 g/mol. The number of hydrogen-bond acceptors (Lipinski definition) is 4. The first-order chi connectivity index (χ1) is 7.40. The van der Waals surface area contributed by atoms with Crippen molar-refractivity contribution in [2.24, 2.45) is 5.73 Å². The van der Waals surface area contributed by atoms with Crippen LogP contribution in [-0.4, -0.2) is 17.8 Å². The van der Waals surface area contributed by atoms with Gasteiger partial charge >= 0.3 is 6.09 Å². The van der Waals surface area contributed by atoms with Crippen molar-refractivity contribution >= 4 is 17.5 Å². The molecule has 0 aliphatic carbocycles. The molecule has 0 unspecified atom stereocenters. The van der Waals surface area contributed by atoms with E-state index in [0.717, 1.165) is 5.56 Å². The van der Waals surface area contributed by atoms with Gasteiger partial charge in [0.05, 0.1) is 18.0 Å². The summed E-state index contributed by atoms with van der Waals surface area (Å²) in [5, 5.41) is 7.19. The van der Waals surface area contributed by atoms with Crippen LogP contribution in [0.3, 0.4) is 0 Å². The van der Waals surface area contributed by atoms with Gasteiger partial charge in [-0.25, -0.2) is 4.79 Å². The van der Waals surface area contributed by atoms with E-state index in [1.807, 2.05) is 19.9 Å². The molecule has 0 spiro atoms. The lowest BCUT2D eigenvalue weighted by Gasteiger charge is -2.11. The molecule has 7 N–H and O–H groups in total. The summed E-state index contributed by atoms with van der Waals surface area (Å²) < 4.78 is 5.30. The fourth-order valence-corrected chi connectivity index (χ4v) is 1.02. The molecule has 0 saturated heterocycles. The Morgan fingerprint density at radius 2 is 1.94 bits per heavy atom. The van der Waals surface area contributed by atoms with Gasteiger partial charge in [0, 0.05) is 0 Å². The third-order valence-electron chi connectivity index (χ3n) is 1.73. The maximum Gasteiger partial charge on any atom is 0.402 e. The molecule has 6 nitrogen and oxygen atoms in total. The second kappa shape index (κ2) is 6.39. The maximum atomic E-state index is 8.78. The Hall–Kier alpha value is -2.11. The van der Waals surface area contributed by atoms with Crippen LogP contribution in [0.5, 0.6) is 5.75 Å². The van der Waals surface area contributed by atoms with Gasteiger partial charge < -0.3 is 27.0 Å². The van der Waals surface area contributed by atoms with Crippen LogP contribution < -0.4 is 21.9 Å². The quantitative estimate of drug-likeness (QED) is 0.564. The van der Waals surface area contributed by atoms with Crippen molar-refractivity contribution in [3.63, 3.8) is 0 Å². The standard InChI is InChI=1S/C9H14N2O.CH3NO2/c1-3-12-9-7(10)5-4-6(2)8(9)11;2-1(3)4/h4-5H,3,10-11H2,1-2H3;2H2,(H,3,4). The Morgan fingerprint density at radius 1 is 1.44 bits per heavy atom. The van der Waals surface area contributed by atoms with Gasteiger partial charge in [0.2, 0.25) is 0 Å². The van der Waals surface area contributed by atoms with Crippen LogP contribution in [0.25, 0.3) is 0 Å². The number of primary amides is 1. The second-order valence-electron chi connectivity index (χ2n) is 2.99. The minimum atomic E-state index is -1.33. The highest BCUT2D eigenvalue weighted by Gasteiger charge is 2.06. The number of anilines is 2. The lowest BCUT2D eigenvalue weighted by molar-refractivity contribution is 0.205. The van der Waals surface area contributed by atoms with Gasteiger partial charge in [-0.1, -0.05) is 6.07 Å². The molecule has 1 aromatic rings. The Balaban J connectivity index is 0.000000487. The van der Waals surface area contributed by atoms with Crippen molar-refractivity contribution in [3.05, 3.63) is 17.7 Å². The van der Waals surface area contributed by atoms with Crippen LogP contribution >= 0.6 is 0 Å². The van der Waals surface area contributed by atoms with E-state index >= 15 is 0 Å². The van der Waals surface area contributed by atoms with E-state index in [4.69, 9.17) is 26.1 Å². The van der Waals surface area contributed by atoms with Gasteiger partial charge in [-0.3, -0.25) is 0 Å². The minimum absolute atomic E-state index is 0.581. The van der Waals surface area contributed by atoms with Crippen LogP contribution in [0.2, 0.25) is 0 Å². The maximum absolute atomic E-state index is 8.78. The molecule has 90 valence electrons. The largest absolute Gasteiger partial charge is 0.490 e. The van der Waals surface area contributed by atoms with Gasteiger partial charge in [0.1, 0.15) is 0 Å². The molecule has 1 rings (SSSR count). The van der Waals surface area contributed by atoms with Crippen molar-refractivity contribution < 1.29 is 14.6 Å². The Morgan fingerprint density at radius 3 is 2.38 bits per heavy atom. The molecule has 0 aromatic heterocycles. The predicted octanol–water partition coefficient (Wildman–Crippen LogP) is 1.18. The van der Waals surface area contributed by atoms with E-state index in [0.29, 0.717) is 23.7 Å². The topological polar surface area (TPSA) is 125 Å². The first-order valence-electron chi connectivity index (χ1n) is 4.65. The zero-order valence-electron chi connectivity index (χ0n) is 9.36. The zero-order chi connectivity index (χ0) is 12.7. The lowest BCUT2D eigenvalue weighted by Crippen LogP contribution is -2.03. The summed E-state index contributed by atoms with van der Waals surface area (Å²) >= 11 is 0. The molecular formula is C10H17N3O3. The number of carboxylic acid groups (broad SMARTS) is 1. The van der Waals surface area contributed by atoms with Gasteiger partial charge in [-0.2, -0.15) is 0 Å². The van der Waals surface area contributed by atoms with Crippen LogP contribution in [0.4, 0.5) is 16.2 Å². The van der Waals surface area contributed by atoms with Crippen molar-refractivity contribution in [3.8, 4) is 5.75 Å². The molecule has 16 heavy (non-hydrogen) atoms. The molecule has 0 atom stereocenters. The van der Waals surface area contributed by atoms with Gasteiger partial charge in [0.15, 0.2) is 5.75 Å². The van der Waals surface area contributed by atoms with Crippen molar-refractivity contribution in [1.29, 1.82) is 0 Å². The fourth-order valence-electron chi connectivity index (χ4n) is 1.02. The highest BCUT2D eigenvalue weighted by atomic mass is 16.5. The van der Waals surface area contributed by atoms with E-state index in [2.05, 4.69) is 5.73 Å². The Bertz CT molecular complexity index is 363. The average Bonchev–Trinajstić information content (AvgIpc) is 2.18. The van der Waals surface area contributed by atoms with Crippen molar-refractivity contribution in [2.75, 3.05) is 18.1 Å². The number of nitrogens with two attached hydrogens (primary N) is 3. The smallest absolute Gasteiger partial charge is 0.402 e. The van der Waals surface area contributed by atoms with E-state index in [1.54, 1.807) is 6.07 Å². The molecule has 0 bridgehead atoms. The number of carbonyl (C=O) groups is 1. The number of aryl methyl sites for hydroxylation is 1. The van der Waals surface area contributed by atoms with Crippen molar-refractivity contribution in [1.82, 2.24) is 0 Å². The molecule has 0 saturated carbocycles. The van der Waals surface area contributed by atoms with E-state index in [9.17, 15) is 0 Å². The predicted molar refractivity (Wildman–Crippen MR) is 63.4 cm³/mol. The normalized spacial score (nSPS) is 8.88. The number of benzene rings is 1. The molecule has 1 aromatic carbocycles. The number of amides is 1. The van der Waals surface area contributed by atoms with E-state index in [1.165, 1.54) is 0 Å². The summed E-state index contributed by atoms with van der Waals surface area (Å²) in [5.74, 6) is 0.609. The average molecular weight is 227 g/mol. The van der Waals surface area contributed by atoms with Crippen LogP contribution in [-0.2, 0) is 0 Å². The Labute approximate surface area is 94.0 Å². The summed E-state index contributed by atoms with van der Waals surface area (Å²) in [6.45, 7) is 4.41. The third kappa shape index (κ3) is 4.41. The molecule has 6 heteroatoms. The summed E-state index contributed by atoms with van der Waals surface area (Å²) in [6.07, 6.45) is -1.33. The molecule has 0 radical (unpaired) electrons. The summed E-state index contributed by atoms with van der Waals surface area (Å²) in [5.41, 5.74) is 17.7. The lowest BCUT2D eigenvalue weighted by atomic mass is 10.1. The Kier molecular flexibility index (Phi) is 5.55. The third-order valence-corrected chi connectivity index (χ3v) is 1.73. The second-order valence-corrected chi connectivity index (χ2v) is 2.99.